The highest BCUT2D eigenvalue weighted by molar-refractivity contribution is 6.35. The van der Waals surface area contributed by atoms with E-state index in [1.165, 1.54) is 18.4 Å². The van der Waals surface area contributed by atoms with Gasteiger partial charge in [-0.15, -0.1) is 0 Å². The zero-order valence-corrected chi connectivity index (χ0v) is 13.0. The zero-order valence-electron chi connectivity index (χ0n) is 12.2. The minimum atomic E-state index is -0.760. The first-order chi connectivity index (χ1) is 9.77. The third-order valence-corrected chi connectivity index (χ3v) is 2.47. The Morgan fingerprint density at radius 1 is 1.24 bits per heavy atom. The first-order valence-electron chi connectivity index (χ1n) is 6.14. The first-order valence-corrected chi connectivity index (χ1v) is 6.52. The molecule has 1 amide bonds. The van der Waals surface area contributed by atoms with Crippen molar-refractivity contribution in [1.82, 2.24) is 5.32 Å². The Labute approximate surface area is 128 Å². The maximum Gasteiger partial charge on any atom is 0.256 e. The molecular weight excluding hydrogens is 296 g/mol. The molecule has 0 atom stereocenters. The predicted molar refractivity (Wildman–Crippen MR) is 83.8 cm³/mol. The van der Waals surface area contributed by atoms with E-state index in [0.717, 1.165) is 19.1 Å². The summed E-state index contributed by atoms with van der Waals surface area (Å²) in [6.07, 6.45) is 7.34. The third kappa shape index (κ3) is 8.76. The summed E-state index contributed by atoms with van der Waals surface area (Å²) in [5, 5.41) is 2.71. The van der Waals surface area contributed by atoms with Crippen molar-refractivity contribution in [3.05, 3.63) is 71.0 Å². The van der Waals surface area contributed by atoms with Gasteiger partial charge >= 0.3 is 0 Å². The van der Waals surface area contributed by atoms with Gasteiger partial charge < -0.3 is 5.32 Å². The van der Waals surface area contributed by atoms with Crippen LogP contribution >= 0.6 is 11.6 Å². The number of carbonyl (C=O) groups is 1. The van der Waals surface area contributed by atoms with Crippen LogP contribution in [0.15, 0.2) is 71.0 Å². The summed E-state index contributed by atoms with van der Waals surface area (Å²) in [6, 6.07) is 0. The lowest BCUT2D eigenvalue weighted by atomic mass is 10.1. The van der Waals surface area contributed by atoms with Crippen LogP contribution in [0.2, 0.25) is 0 Å². The second-order valence-corrected chi connectivity index (χ2v) is 4.56. The van der Waals surface area contributed by atoms with E-state index in [9.17, 15) is 13.6 Å². The van der Waals surface area contributed by atoms with Gasteiger partial charge in [0.05, 0.1) is 11.4 Å². The summed E-state index contributed by atoms with van der Waals surface area (Å²) in [6.45, 7) is 8.24. The number of nitrogens with one attached hydrogen (secondary N) is 1. The van der Waals surface area contributed by atoms with E-state index in [1.807, 2.05) is 0 Å². The van der Waals surface area contributed by atoms with Crippen LogP contribution in [0.3, 0.4) is 0 Å². The summed E-state index contributed by atoms with van der Waals surface area (Å²) in [7, 11) is 0. The van der Waals surface area contributed by atoms with Crippen molar-refractivity contribution in [2.24, 2.45) is 0 Å². The van der Waals surface area contributed by atoms with Crippen LogP contribution in [0.1, 0.15) is 20.8 Å². The SMILES string of the molecule is C=C(C)/C=C(C(=O)N/C=C/C=C(F)\C=C(/C)F)\C(Cl)=C/C. The molecule has 0 heterocycles. The highest BCUT2D eigenvalue weighted by Gasteiger charge is 2.10. The van der Waals surface area contributed by atoms with Crippen LogP contribution in [0.25, 0.3) is 0 Å². The molecule has 0 radical (unpaired) electrons. The quantitative estimate of drug-likeness (QED) is 0.543. The molecule has 114 valence electrons. The monoisotopic (exact) mass is 313 g/mol. The topological polar surface area (TPSA) is 29.1 Å². The second-order valence-electron chi connectivity index (χ2n) is 4.16. The number of allylic oxidation sites excluding steroid dienone is 8. The van der Waals surface area contributed by atoms with Crippen LogP contribution in [0.4, 0.5) is 8.78 Å². The van der Waals surface area contributed by atoms with Crippen LogP contribution in [0, 0.1) is 0 Å². The number of rotatable bonds is 6. The second kappa shape index (κ2) is 9.88. The van der Waals surface area contributed by atoms with E-state index < -0.39 is 17.6 Å². The number of halogens is 3. The van der Waals surface area contributed by atoms with Gasteiger partial charge in [0, 0.05) is 17.3 Å². The molecule has 0 aromatic rings. The molecule has 0 spiro atoms. The molecule has 0 unspecified atom stereocenters. The lowest BCUT2D eigenvalue weighted by molar-refractivity contribution is -0.116. The van der Waals surface area contributed by atoms with Crippen molar-refractivity contribution in [1.29, 1.82) is 0 Å². The number of hydrogen-bond donors (Lipinski definition) is 1. The number of carbonyl (C=O) groups excluding carboxylic acids is 1. The highest BCUT2D eigenvalue weighted by atomic mass is 35.5. The van der Waals surface area contributed by atoms with E-state index in [2.05, 4.69) is 11.9 Å². The maximum atomic E-state index is 13.0. The summed E-state index contributed by atoms with van der Waals surface area (Å²) in [4.78, 5) is 11.9. The molecule has 0 fully saturated rings. The van der Waals surface area contributed by atoms with Gasteiger partial charge in [-0.2, -0.15) is 0 Å². The van der Waals surface area contributed by atoms with Gasteiger partial charge in [-0.1, -0.05) is 29.8 Å². The van der Waals surface area contributed by atoms with Gasteiger partial charge in [0.2, 0.25) is 0 Å². The Balaban J connectivity index is 4.89. The molecule has 5 heteroatoms. The van der Waals surface area contributed by atoms with Crippen molar-refractivity contribution in [3.8, 4) is 0 Å². The van der Waals surface area contributed by atoms with Crippen LogP contribution in [-0.2, 0) is 4.79 Å². The molecule has 0 rings (SSSR count). The minimum absolute atomic E-state index is 0.250. The van der Waals surface area contributed by atoms with E-state index in [1.54, 1.807) is 19.9 Å². The fourth-order valence-corrected chi connectivity index (χ4v) is 1.36. The van der Waals surface area contributed by atoms with Gasteiger partial charge in [0.1, 0.15) is 5.83 Å². The Morgan fingerprint density at radius 3 is 2.33 bits per heavy atom. The molecule has 0 bridgehead atoms. The largest absolute Gasteiger partial charge is 0.329 e. The molecule has 0 aliphatic carbocycles. The predicted octanol–water partition coefficient (Wildman–Crippen LogP) is 4.99. The Bertz CT molecular complexity index is 551. The molecular formula is C16H18ClF2NO. The lowest BCUT2D eigenvalue weighted by Crippen LogP contribution is -2.19. The molecule has 0 aromatic carbocycles. The van der Waals surface area contributed by atoms with Crippen LogP contribution in [-0.4, -0.2) is 5.91 Å². The molecule has 0 saturated heterocycles. The van der Waals surface area contributed by atoms with Gasteiger partial charge in [0.15, 0.2) is 0 Å². The highest BCUT2D eigenvalue weighted by Crippen LogP contribution is 2.16. The standard InChI is InChI=1S/C16H18ClF2NO/c1-5-15(17)14(9-11(2)3)16(21)20-8-6-7-13(19)10-12(4)18/h5-10H,2H2,1,3-4H3,(H,20,21)/b8-6+,12-10+,13-7+,14-9+,15-5+. The molecule has 2 nitrogen and oxygen atoms in total. The van der Waals surface area contributed by atoms with Gasteiger partial charge in [-0.25, -0.2) is 8.78 Å². The number of amides is 1. The van der Waals surface area contributed by atoms with Gasteiger partial charge in [-0.05, 0) is 39.0 Å². The van der Waals surface area contributed by atoms with Gasteiger partial charge in [-0.3, -0.25) is 4.79 Å². The average Bonchev–Trinajstić information content (AvgIpc) is 2.38. The molecule has 1 N–H and O–H groups in total. The van der Waals surface area contributed by atoms with Crippen molar-refractivity contribution in [3.63, 3.8) is 0 Å². The van der Waals surface area contributed by atoms with E-state index >= 15 is 0 Å². The Kier molecular flexibility index (Phi) is 8.97. The normalized spacial score (nSPS) is 14.6. The van der Waals surface area contributed by atoms with E-state index in [4.69, 9.17) is 11.6 Å². The zero-order chi connectivity index (χ0) is 16.4. The third-order valence-electron chi connectivity index (χ3n) is 2.05. The molecule has 0 aliphatic rings. The van der Waals surface area contributed by atoms with Crippen LogP contribution < -0.4 is 5.32 Å². The molecule has 0 saturated carbocycles. The fourth-order valence-electron chi connectivity index (χ4n) is 1.22. The van der Waals surface area contributed by atoms with E-state index in [-0.39, 0.29) is 10.6 Å². The van der Waals surface area contributed by atoms with E-state index in [0.29, 0.717) is 5.57 Å². The van der Waals surface area contributed by atoms with Crippen molar-refractivity contribution < 1.29 is 13.6 Å². The smallest absolute Gasteiger partial charge is 0.256 e. The summed E-state index contributed by atoms with van der Waals surface area (Å²) < 4.78 is 25.4. The molecule has 21 heavy (non-hydrogen) atoms. The van der Waals surface area contributed by atoms with Gasteiger partial charge in [0.25, 0.3) is 5.91 Å². The average molecular weight is 314 g/mol. The first kappa shape index (κ1) is 19.1. The molecule has 0 aromatic heterocycles. The number of hydrogen-bond acceptors (Lipinski definition) is 1. The summed E-state index contributed by atoms with van der Waals surface area (Å²) in [5.74, 6) is -1.86. The van der Waals surface area contributed by atoms with Crippen LogP contribution in [0.5, 0.6) is 0 Å². The molecule has 0 aliphatic heterocycles. The minimum Gasteiger partial charge on any atom is -0.329 e. The fraction of sp³-hybridized carbons (Fsp3) is 0.188. The lowest BCUT2D eigenvalue weighted by Gasteiger charge is -2.05. The summed E-state index contributed by atoms with van der Waals surface area (Å²) in [5.41, 5.74) is 0.916. The van der Waals surface area contributed by atoms with Crippen molar-refractivity contribution in [2.75, 3.05) is 0 Å². The Morgan fingerprint density at radius 2 is 1.86 bits per heavy atom. The van der Waals surface area contributed by atoms with Crippen molar-refractivity contribution >= 4 is 17.5 Å². The Hall–Kier alpha value is -1.94. The van der Waals surface area contributed by atoms with Crippen molar-refractivity contribution in [2.45, 2.75) is 20.8 Å². The summed E-state index contributed by atoms with van der Waals surface area (Å²) >= 11 is 5.94. The maximum absolute atomic E-state index is 13.0.